The lowest BCUT2D eigenvalue weighted by molar-refractivity contribution is -0.122. The molecule has 0 atom stereocenters. The van der Waals surface area contributed by atoms with Crippen molar-refractivity contribution in [3.8, 4) is 17.1 Å². The highest BCUT2D eigenvalue weighted by atomic mass is 35.5. The number of aromatic amines is 1. The Kier molecular flexibility index (Phi) is 8.24. The summed E-state index contributed by atoms with van der Waals surface area (Å²) >= 11 is 6.58. The average Bonchev–Trinajstić information content (AvgIpc) is 3.39. The van der Waals surface area contributed by atoms with E-state index in [2.05, 4.69) is 30.5 Å². The molecule has 0 unspecified atom stereocenters. The molecule has 3 heterocycles. The number of nitrogens with one attached hydrogen (secondary N) is 3. The molecule has 12 heteroatoms. The van der Waals surface area contributed by atoms with Gasteiger partial charge in [0, 0.05) is 44.5 Å². The van der Waals surface area contributed by atoms with Crippen LogP contribution in [0.4, 0.5) is 5.69 Å². The molecule has 0 saturated carbocycles. The first-order valence-electron chi connectivity index (χ1n) is 13.0. The molecule has 5 rings (SSSR count). The molecule has 0 bridgehead atoms. The maximum Gasteiger partial charge on any atom is 0.257 e. The highest BCUT2D eigenvalue weighted by molar-refractivity contribution is 7.90. The number of sulfone groups is 1. The summed E-state index contributed by atoms with van der Waals surface area (Å²) in [4.78, 5) is 26.6. The van der Waals surface area contributed by atoms with Crippen molar-refractivity contribution < 1.29 is 17.9 Å². The molecule has 40 heavy (non-hydrogen) atoms. The second kappa shape index (κ2) is 11.8. The standard InChI is InChI=1S/C28H31ClN6O4S/c1-30-24(36)17-39-21-7-5-19(6-8-21)27-33-26-25(23(29)15-31-28(26)34-27)32-20-11-13-35(14-12-20)16-18-3-9-22(10-4-18)40(2,37)38/h3-10,15,20H,11-14,16-17H2,1-2H3,(H,30,36)(H2,31,32,33,34). The molecule has 210 valence electrons. The Morgan fingerprint density at radius 3 is 2.48 bits per heavy atom. The number of likely N-dealkylation sites (N-methyl/N-ethyl adjacent to an activating group) is 1. The third kappa shape index (κ3) is 6.55. The Morgan fingerprint density at radius 1 is 1.12 bits per heavy atom. The molecule has 0 spiro atoms. The summed E-state index contributed by atoms with van der Waals surface area (Å²) < 4.78 is 28.9. The van der Waals surface area contributed by atoms with Gasteiger partial charge < -0.3 is 20.4 Å². The van der Waals surface area contributed by atoms with Gasteiger partial charge in [-0.15, -0.1) is 0 Å². The van der Waals surface area contributed by atoms with Crippen LogP contribution < -0.4 is 15.4 Å². The number of hydrogen-bond acceptors (Lipinski definition) is 8. The molecule has 1 saturated heterocycles. The van der Waals surface area contributed by atoms with Gasteiger partial charge in [-0.1, -0.05) is 23.7 Å². The van der Waals surface area contributed by atoms with E-state index >= 15 is 0 Å². The van der Waals surface area contributed by atoms with Crippen LogP contribution in [-0.2, 0) is 21.2 Å². The number of halogens is 1. The molecule has 3 N–H and O–H groups in total. The minimum absolute atomic E-state index is 0.0463. The predicted molar refractivity (Wildman–Crippen MR) is 155 cm³/mol. The van der Waals surface area contributed by atoms with Gasteiger partial charge in [-0.2, -0.15) is 0 Å². The monoisotopic (exact) mass is 582 g/mol. The van der Waals surface area contributed by atoms with E-state index in [0.717, 1.165) is 54.8 Å². The maximum atomic E-state index is 11.7. The van der Waals surface area contributed by atoms with Crippen LogP contribution in [0.2, 0.25) is 5.02 Å². The Morgan fingerprint density at radius 2 is 1.82 bits per heavy atom. The number of H-pyrrole nitrogens is 1. The summed E-state index contributed by atoms with van der Waals surface area (Å²) in [5.74, 6) is 1.04. The number of carbonyl (C=O) groups is 1. The van der Waals surface area contributed by atoms with Crippen LogP contribution in [0, 0.1) is 0 Å². The van der Waals surface area contributed by atoms with Crippen LogP contribution in [0.25, 0.3) is 22.6 Å². The highest BCUT2D eigenvalue weighted by Gasteiger charge is 2.22. The smallest absolute Gasteiger partial charge is 0.257 e. The predicted octanol–water partition coefficient (Wildman–Crippen LogP) is 3.88. The fourth-order valence-electron chi connectivity index (χ4n) is 4.68. The lowest BCUT2D eigenvalue weighted by Gasteiger charge is -2.33. The van der Waals surface area contributed by atoms with Gasteiger partial charge >= 0.3 is 0 Å². The van der Waals surface area contributed by atoms with Crippen LogP contribution in [0.1, 0.15) is 18.4 Å². The number of rotatable bonds is 9. The zero-order valence-electron chi connectivity index (χ0n) is 22.3. The van der Waals surface area contributed by atoms with Crippen molar-refractivity contribution in [2.45, 2.75) is 30.3 Å². The summed E-state index contributed by atoms with van der Waals surface area (Å²) in [7, 11) is -1.63. The summed E-state index contributed by atoms with van der Waals surface area (Å²) in [5.41, 5.74) is 4.04. The van der Waals surface area contributed by atoms with E-state index in [4.69, 9.17) is 16.3 Å². The number of benzene rings is 2. The Balaban J connectivity index is 1.23. The zero-order valence-corrected chi connectivity index (χ0v) is 23.8. The number of ether oxygens (including phenoxy) is 1. The number of carbonyl (C=O) groups excluding carboxylic acids is 1. The van der Waals surface area contributed by atoms with Gasteiger partial charge in [0.05, 0.1) is 21.8 Å². The highest BCUT2D eigenvalue weighted by Crippen LogP contribution is 2.32. The molecular weight excluding hydrogens is 552 g/mol. The van der Waals surface area contributed by atoms with Crippen molar-refractivity contribution in [1.82, 2.24) is 25.2 Å². The third-order valence-electron chi connectivity index (χ3n) is 6.94. The van der Waals surface area contributed by atoms with Crippen molar-refractivity contribution in [1.29, 1.82) is 0 Å². The molecule has 2 aromatic heterocycles. The fourth-order valence-corrected chi connectivity index (χ4v) is 5.51. The van der Waals surface area contributed by atoms with Crippen LogP contribution in [0.15, 0.2) is 59.6 Å². The number of nitrogens with zero attached hydrogens (tertiary/aromatic N) is 3. The number of anilines is 1. The van der Waals surface area contributed by atoms with Crippen molar-refractivity contribution in [2.75, 3.05) is 38.3 Å². The van der Waals surface area contributed by atoms with Gasteiger partial charge in [0.1, 0.15) is 17.1 Å². The van der Waals surface area contributed by atoms with Crippen LogP contribution in [0.5, 0.6) is 5.75 Å². The summed E-state index contributed by atoms with van der Waals surface area (Å²) in [5, 5.41) is 6.66. The van der Waals surface area contributed by atoms with E-state index < -0.39 is 9.84 Å². The number of piperidine rings is 1. The number of amides is 1. The van der Waals surface area contributed by atoms with Gasteiger partial charge in [0.2, 0.25) is 0 Å². The minimum atomic E-state index is -3.19. The largest absolute Gasteiger partial charge is 0.484 e. The zero-order chi connectivity index (χ0) is 28.3. The topological polar surface area (TPSA) is 129 Å². The van der Waals surface area contributed by atoms with Gasteiger partial charge in [-0.05, 0) is 54.8 Å². The van der Waals surface area contributed by atoms with Gasteiger partial charge in [0.15, 0.2) is 22.1 Å². The molecule has 2 aromatic carbocycles. The first kappa shape index (κ1) is 27.9. The number of imidazole rings is 1. The van der Waals surface area contributed by atoms with Crippen molar-refractivity contribution in [2.24, 2.45) is 0 Å². The molecule has 4 aromatic rings. The molecule has 10 nitrogen and oxygen atoms in total. The van der Waals surface area contributed by atoms with Gasteiger partial charge in [-0.25, -0.2) is 18.4 Å². The Labute approximate surface area is 238 Å². The SMILES string of the molecule is CNC(=O)COc1ccc(-c2nc3ncc(Cl)c(NC4CCN(Cc5ccc(S(C)(=O)=O)cc5)CC4)c3[nH]2)cc1. The van der Waals surface area contributed by atoms with Crippen molar-refractivity contribution >= 4 is 44.2 Å². The maximum absolute atomic E-state index is 11.7. The summed E-state index contributed by atoms with van der Waals surface area (Å²) in [6, 6.07) is 14.7. The van der Waals surface area contributed by atoms with E-state index in [9.17, 15) is 13.2 Å². The van der Waals surface area contributed by atoms with Crippen molar-refractivity contribution in [3.63, 3.8) is 0 Å². The first-order valence-corrected chi connectivity index (χ1v) is 15.2. The van der Waals surface area contributed by atoms with Crippen molar-refractivity contribution in [3.05, 3.63) is 65.3 Å². The van der Waals surface area contributed by atoms with E-state index in [-0.39, 0.29) is 18.6 Å². The van der Waals surface area contributed by atoms with Crippen LogP contribution in [-0.4, -0.2) is 73.2 Å². The lowest BCUT2D eigenvalue weighted by Crippen LogP contribution is -2.38. The Bertz CT molecular complexity index is 1600. The molecule has 1 fully saturated rings. The molecule has 1 amide bonds. The quantitative estimate of drug-likeness (QED) is 0.271. The first-order chi connectivity index (χ1) is 19.2. The molecule has 0 aliphatic carbocycles. The number of likely N-dealkylation sites (tertiary alicyclic amines) is 1. The van der Waals surface area contributed by atoms with E-state index in [1.54, 1.807) is 37.5 Å². The number of aromatic nitrogens is 3. The minimum Gasteiger partial charge on any atom is -0.484 e. The van der Waals surface area contributed by atoms with E-state index in [1.807, 2.05) is 24.3 Å². The lowest BCUT2D eigenvalue weighted by atomic mass is 10.0. The number of hydrogen-bond donors (Lipinski definition) is 3. The second-order valence-corrected chi connectivity index (χ2v) is 12.3. The molecule has 1 aliphatic heterocycles. The van der Waals surface area contributed by atoms with E-state index in [0.29, 0.717) is 27.1 Å². The number of fused-ring (bicyclic) bond motifs is 1. The number of pyridine rings is 1. The van der Waals surface area contributed by atoms with Crippen LogP contribution >= 0.6 is 11.6 Å². The Hall–Kier alpha value is -3.67. The normalized spacial score (nSPS) is 14.8. The summed E-state index contributed by atoms with van der Waals surface area (Å²) in [6.45, 7) is 2.53. The molecular formula is C28H31ClN6O4S. The van der Waals surface area contributed by atoms with Gasteiger partial charge in [0.25, 0.3) is 5.91 Å². The van der Waals surface area contributed by atoms with Gasteiger partial charge in [-0.3, -0.25) is 9.69 Å². The van der Waals surface area contributed by atoms with E-state index in [1.165, 1.54) is 6.26 Å². The second-order valence-electron chi connectivity index (χ2n) is 9.86. The fraction of sp³-hybridized carbons (Fsp3) is 0.321. The average molecular weight is 583 g/mol. The third-order valence-corrected chi connectivity index (χ3v) is 8.36. The molecule has 1 aliphatic rings. The summed E-state index contributed by atoms with van der Waals surface area (Å²) in [6.07, 6.45) is 4.69. The molecule has 0 radical (unpaired) electrons. The van der Waals surface area contributed by atoms with Crippen LogP contribution in [0.3, 0.4) is 0 Å².